The number of nitrogens with one attached hydrogen (secondary N) is 2. The zero-order valence-electron chi connectivity index (χ0n) is 19.9. The Kier molecular flexibility index (Phi) is 5.90. The molecule has 10 heteroatoms. The number of rotatable bonds is 6. The molecule has 0 saturated heterocycles. The topological polar surface area (TPSA) is 102 Å². The number of methoxy groups -OCH3 is 1. The normalized spacial score (nSPS) is 11.4. The summed E-state index contributed by atoms with van der Waals surface area (Å²) in [6.07, 6.45) is 0. The fourth-order valence-electron chi connectivity index (χ4n) is 4.19. The van der Waals surface area contributed by atoms with E-state index in [1.807, 2.05) is 67.6 Å². The van der Waals surface area contributed by atoms with E-state index in [0.717, 1.165) is 26.7 Å². The molecule has 37 heavy (non-hydrogen) atoms. The number of hydrogen-bond donors (Lipinski definition) is 2. The van der Waals surface area contributed by atoms with Gasteiger partial charge in [0.15, 0.2) is 10.3 Å². The first kappa shape index (κ1) is 23.3. The van der Waals surface area contributed by atoms with Crippen LogP contribution in [-0.2, 0) is 4.79 Å². The van der Waals surface area contributed by atoms with Gasteiger partial charge in [0, 0.05) is 17.0 Å². The van der Waals surface area contributed by atoms with Gasteiger partial charge in [0.1, 0.15) is 16.8 Å². The summed E-state index contributed by atoms with van der Waals surface area (Å²) in [5.41, 5.74) is 4.13. The third-order valence-corrected chi connectivity index (χ3v) is 7.80. The molecule has 0 atom stereocenters. The van der Waals surface area contributed by atoms with E-state index in [-0.39, 0.29) is 17.2 Å². The van der Waals surface area contributed by atoms with Crippen molar-refractivity contribution in [3.05, 3.63) is 82.6 Å². The van der Waals surface area contributed by atoms with E-state index in [4.69, 9.17) is 9.72 Å². The number of nitrogens with zero attached hydrogens (tertiary/aromatic N) is 3. The van der Waals surface area contributed by atoms with Gasteiger partial charge in [-0.05, 0) is 42.8 Å². The molecule has 0 radical (unpaired) electrons. The maximum absolute atomic E-state index is 13.7. The maximum Gasteiger partial charge on any atom is 0.283 e. The average molecular weight is 528 g/mol. The molecule has 0 aliphatic heterocycles. The number of aromatic nitrogens is 4. The molecule has 6 aromatic rings. The Morgan fingerprint density at radius 2 is 1.97 bits per heavy atom. The van der Waals surface area contributed by atoms with E-state index in [1.165, 1.54) is 27.7 Å². The minimum Gasteiger partial charge on any atom is -0.497 e. The number of para-hydroxylation sites is 1. The van der Waals surface area contributed by atoms with Crippen molar-refractivity contribution in [2.45, 2.75) is 12.1 Å². The highest BCUT2D eigenvalue weighted by Gasteiger charge is 2.19. The molecule has 3 aromatic carbocycles. The lowest BCUT2D eigenvalue weighted by Crippen LogP contribution is -2.23. The molecule has 0 saturated carbocycles. The smallest absolute Gasteiger partial charge is 0.283 e. The van der Waals surface area contributed by atoms with Crippen LogP contribution in [0.3, 0.4) is 0 Å². The van der Waals surface area contributed by atoms with E-state index >= 15 is 0 Å². The number of H-pyrrole nitrogens is 1. The van der Waals surface area contributed by atoms with Crippen molar-refractivity contribution in [1.82, 2.24) is 19.5 Å². The Balaban J connectivity index is 1.37. The molecule has 0 bridgehead atoms. The van der Waals surface area contributed by atoms with Crippen LogP contribution in [0.5, 0.6) is 5.75 Å². The summed E-state index contributed by atoms with van der Waals surface area (Å²) in [5.74, 6) is 0.436. The molecule has 6 rings (SSSR count). The predicted octanol–water partition coefficient (Wildman–Crippen LogP) is 5.52. The number of fused-ring (bicyclic) bond motifs is 4. The van der Waals surface area contributed by atoms with Gasteiger partial charge in [-0.25, -0.2) is 9.97 Å². The Labute approximate surface area is 219 Å². The molecule has 184 valence electrons. The number of amides is 1. The number of thioether (sulfide) groups is 1. The minimum absolute atomic E-state index is 0.0548. The third-order valence-electron chi connectivity index (χ3n) is 5.93. The Morgan fingerprint density at radius 1 is 1.11 bits per heavy atom. The molecule has 0 spiro atoms. The highest BCUT2D eigenvalue weighted by molar-refractivity contribution is 7.99. The molecule has 0 aliphatic rings. The van der Waals surface area contributed by atoms with Crippen LogP contribution in [0.4, 0.5) is 5.13 Å². The predicted molar refractivity (Wildman–Crippen MR) is 149 cm³/mol. The van der Waals surface area contributed by atoms with E-state index in [1.54, 1.807) is 13.2 Å². The van der Waals surface area contributed by atoms with Crippen LogP contribution >= 0.6 is 23.1 Å². The Hall–Kier alpha value is -4.15. The van der Waals surface area contributed by atoms with Crippen LogP contribution in [0, 0.1) is 6.92 Å². The largest absolute Gasteiger partial charge is 0.497 e. The SMILES string of the molecule is COc1cccc(-n2c(SCC(=O)Nc3nc4ccc(C)cc4s3)nc3c([nH]c4ccccc43)c2=O)c1. The number of thiazole rings is 1. The number of aryl methyl sites for hydroxylation is 1. The van der Waals surface area contributed by atoms with Crippen molar-refractivity contribution >= 4 is 66.3 Å². The summed E-state index contributed by atoms with van der Waals surface area (Å²) in [5, 5.41) is 4.68. The van der Waals surface area contributed by atoms with Gasteiger partial charge in [-0.1, -0.05) is 53.4 Å². The average Bonchev–Trinajstić information content (AvgIpc) is 3.48. The lowest BCUT2D eigenvalue weighted by molar-refractivity contribution is -0.113. The number of ether oxygens (including phenoxy) is 1. The molecule has 1 amide bonds. The van der Waals surface area contributed by atoms with Crippen molar-refractivity contribution in [2.75, 3.05) is 18.2 Å². The number of anilines is 1. The maximum atomic E-state index is 13.7. The van der Waals surface area contributed by atoms with Crippen molar-refractivity contribution < 1.29 is 9.53 Å². The number of hydrogen-bond acceptors (Lipinski definition) is 7. The molecule has 3 aromatic heterocycles. The fraction of sp³-hybridized carbons (Fsp3) is 0.111. The molecule has 0 unspecified atom stereocenters. The van der Waals surface area contributed by atoms with E-state index < -0.39 is 0 Å². The highest BCUT2D eigenvalue weighted by Crippen LogP contribution is 2.29. The van der Waals surface area contributed by atoms with Crippen molar-refractivity contribution in [3.63, 3.8) is 0 Å². The molecular weight excluding hydrogens is 506 g/mol. The van der Waals surface area contributed by atoms with Gasteiger partial charge in [0.2, 0.25) is 5.91 Å². The number of aromatic amines is 1. The lowest BCUT2D eigenvalue weighted by atomic mass is 10.2. The highest BCUT2D eigenvalue weighted by atomic mass is 32.2. The quantitative estimate of drug-likeness (QED) is 0.218. The standard InChI is InChI=1S/C27H21N5O3S2/c1-15-10-11-20-21(12-15)37-26(29-20)30-22(33)14-36-27-31-23-18-8-3-4-9-19(18)28-24(23)25(34)32(27)16-6-5-7-17(13-16)35-2/h3-13,28H,14H2,1-2H3,(H,29,30,33). The molecular formula is C27H21N5O3S2. The van der Waals surface area contributed by atoms with Gasteiger partial charge >= 0.3 is 0 Å². The van der Waals surface area contributed by atoms with E-state index in [2.05, 4.69) is 15.3 Å². The van der Waals surface area contributed by atoms with Gasteiger partial charge < -0.3 is 15.0 Å². The monoisotopic (exact) mass is 527 g/mol. The first-order chi connectivity index (χ1) is 18.0. The molecule has 8 nitrogen and oxygen atoms in total. The molecule has 0 aliphatic carbocycles. The summed E-state index contributed by atoms with van der Waals surface area (Å²) in [7, 11) is 1.57. The van der Waals surface area contributed by atoms with Crippen LogP contribution < -0.4 is 15.6 Å². The van der Waals surface area contributed by atoms with Crippen LogP contribution in [0.15, 0.2) is 76.7 Å². The van der Waals surface area contributed by atoms with Crippen LogP contribution in [0.2, 0.25) is 0 Å². The van der Waals surface area contributed by atoms with E-state index in [0.29, 0.717) is 32.8 Å². The molecule has 2 N–H and O–H groups in total. The number of carbonyl (C=O) groups excluding carboxylic acids is 1. The lowest BCUT2D eigenvalue weighted by Gasteiger charge is -2.13. The summed E-state index contributed by atoms with van der Waals surface area (Å²) >= 11 is 2.63. The summed E-state index contributed by atoms with van der Waals surface area (Å²) in [6.45, 7) is 2.02. The Bertz CT molecular complexity index is 1870. The first-order valence-corrected chi connectivity index (χ1v) is 13.3. The fourth-order valence-corrected chi connectivity index (χ4v) is 5.97. The van der Waals surface area contributed by atoms with Crippen LogP contribution in [0.1, 0.15) is 5.56 Å². The van der Waals surface area contributed by atoms with Gasteiger partial charge in [0.05, 0.1) is 28.8 Å². The first-order valence-electron chi connectivity index (χ1n) is 11.5. The number of benzene rings is 3. The van der Waals surface area contributed by atoms with Gasteiger partial charge in [-0.2, -0.15) is 0 Å². The van der Waals surface area contributed by atoms with Crippen LogP contribution in [-0.4, -0.2) is 38.3 Å². The minimum atomic E-state index is -0.251. The second-order valence-electron chi connectivity index (χ2n) is 8.46. The van der Waals surface area contributed by atoms with Crippen molar-refractivity contribution in [3.8, 4) is 11.4 Å². The van der Waals surface area contributed by atoms with Gasteiger partial charge in [0.25, 0.3) is 5.56 Å². The molecule has 3 heterocycles. The number of carbonyl (C=O) groups is 1. The molecule has 0 fully saturated rings. The van der Waals surface area contributed by atoms with E-state index in [9.17, 15) is 9.59 Å². The zero-order chi connectivity index (χ0) is 25.5. The summed E-state index contributed by atoms with van der Waals surface area (Å²) < 4.78 is 7.90. The zero-order valence-corrected chi connectivity index (χ0v) is 21.6. The second kappa shape index (κ2) is 9.38. The van der Waals surface area contributed by atoms with Crippen LogP contribution in [0.25, 0.3) is 37.8 Å². The summed E-state index contributed by atoms with van der Waals surface area (Å²) in [4.78, 5) is 39.1. The summed E-state index contributed by atoms with van der Waals surface area (Å²) in [6, 6.07) is 20.8. The second-order valence-corrected chi connectivity index (χ2v) is 10.4. The third kappa shape index (κ3) is 4.34. The van der Waals surface area contributed by atoms with Gasteiger partial charge in [-0.15, -0.1) is 0 Å². The van der Waals surface area contributed by atoms with Crippen molar-refractivity contribution in [1.29, 1.82) is 0 Å². The van der Waals surface area contributed by atoms with Crippen molar-refractivity contribution in [2.24, 2.45) is 0 Å². The Morgan fingerprint density at radius 3 is 2.84 bits per heavy atom. The van der Waals surface area contributed by atoms with Gasteiger partial charge in [-0.3, -0.25) is 14.2 Å².